The predicted molar refractivity (Wildman–Crippen MR) is 296 cm³/mol. The van der Waals surface area contributed by atoms with Crippen molar-refractivity contribution >= 4 is 105 Å². The molecule has 0 aliphatic rings. The quantitative estimate of drug-likeness (QED) is 0.125. The molecule has 0 unspecified atom stereocenters. The van der Waals surface area contributed by atoms with E-state index in [0.29, 0.717) is 15.6 Å². The minimum atomic E-state index is -1.17. The summed E-state index contributed by atoms with van der Waals surface area (Å²) in [4.78, 5) is 40.0. The standard InChI is InChI=1S/C34H31ClN4O3S.C22H23BrClNO3S/c1-18-13-26-31(29(20-7-10-24(35)11-8-20)28(18)30(33(40)41)42-34(3,4)5)43-32(38-26)23-15-25(19(2)36-16-23)21-9-12-27-22(14-21)17-37-39(27)6;1-6-27-20(26)18(28-22(3,4)5)16-12(2)11-15-19(29-21(23)25-15)17(16)13-7-9-14(24)10-8-13/h7-17,30H,1-6H3,(H,40,41);7-11,18H,6H2,1-5H3/t30-;18-/m00/s1. The number of aromatic nitrogens is 5. The first-order chi connectivity index (χ1) is 34.0. The fourth-order valence-electron chi connectivity index (χ4n) is 8.66. The monoisotopic (exact) mass is 1110 g/mol. The molecule has 5 aromatic carbocycles. The van der Waals surface area contributed by atoms with Crippen molar-refractivity contribution in [2.24, 2.45) is 7.05 Å². The number of hydrogen-bond donors (Lipinski definition) is 1. The van der Waals surface area contributed by atoms with Gasteiger partial charge < -0.3 is 19.3 Å². The number of esters is 1. The zero-order valence-electron chi connectivity index (χ0n) is 41.8. The molecule has 0 saturated heterocycles. The zero-order valence-corrected chi connectivity index (χ0v) is 46.5. The summed E-state index contributed by atoms with van der Waals surface area (Å²) in [5.74, 6) is -1.45. The van der Waals surface area contributed by atoms with Crippen LogP contribution in [-0.4, -0.2) is 59.6 Å². The fourth-order valence-corrected chi connectivity index (χ4v) is 11.5. The third kappa shape index (κ3) is 11.5. The molecule has 0 saturated carbocycles. The first-order valence-corrected chi connectivity index (χ1v) is 26.4. The fraction of sp³-hybridized carbons (Fsp3) is 0.286. The topological polar surface area (TPSA) is 139 Å². The largest absolute Gasteiger partial charge is 0.479 e. The van der Waals surface area contributed by atoms with Gasteiger partial charge in [0.05, 0.1) is 50.0 Å². The molecular weight excluding hydrogens is 1050 g/mol. The predicted octanol–water partition coefficient (Wildman–Crippen LogP) is 15.9. The Kier molecular flexibility index (Phi) is 15.5. The number of carbonyl (C=O) groups excluding carboxylic acids is 1. The van der Waals surface area contributed by atoms with Gasteiger partial charge in [0.2, 0.25) is 0 Å². The summed E-state index contributed by atoms with van der Waals surface area (Å²) < 4.78 is 22.3. The summed E-state index contributed by atoms with van der Waals surface area (Å²) in [7, 11) is 1.93. The molecule has 0 aliphatic carbocycles. The highest BCUT2D eigenvalue weighted by Crippen LogP contribution is 2.46. The van der Waals surface area contributed by atoms with Gasteiger partial charge >= 0.3 is 11.9 Å². The Hall–Kier alpha value is -5.58. The smallest absolute Gasteiger partial charge is 0.339 e. The van der Waals surface area contributed by atoms with Gasteiger partial charge in [-0.05, 0) is 168 Å². The van der Waals surface area contributed by atoms with Crippen molar-refractivity contribution in [3.63, 3.8) is 0 Å². The van der Waals surface area contributed by atoms with E-state index in [1.165, 1.54) is 22.7 Å². The molecule has 0 bridgehead atoms. The Balaban J connectivity index is 0.000000209. The molecule has 11 nitrogen and oxygen atoms in total. The van der Waals surface area contributed by atoms with E-state index < -0.39 is 35.3 Å². The summed E-state index contributed by atoms with van der Waals surface area (Å²) in [6, 6.07) is 27.4. The SMILES string of the molecule is CCOC(=O)[C@@H](OC(C)(C)C)c1c(C)cc2nc(Br)sc2c1-c1ccc(Cl)cc1.Cc1cc2nc(-c3cnc(C)c(-c4ccc5c(cnn5C)c4)c3)sc2c(-c2ccc(Cl)cc2)c1[C@H](OC(C)(C)C)C(=O)O. The summed E-state index contributed by atoms with van der Waals surface area (Å²) in [5, 5.41) is 17.8. The van der Waals surface area contributed by atoms with Crippen molar-refractivity contribution in [2.75, 3.05) is 6.61 Å². The van der Waals surface area contributed by atoms with Gasteiger partial charge in [0.15, 0.2) is 16.1 Å². The van der Waals surface area contributed by atoms with E-state index in [1.807, 2.05) is 147 Å². The van der Waals surface area contributed by atoms with E-state index in [4.69, 9.17) is 47.4 Å². The number of carbonyl (C=O) groups is 2. The van der Waals surface area contributed by atoms with E-state index in [2.05, 4.69) is 50.3 Å². The lowest BCUT2D eigenvalue weighted by molar-refractivity contribution is -0.166. The molecule has 2 atom stereocenters. The second-order valence-electron chi connectivity index (χ2n) is 19.4. The van der Waals surface area contributed by atoms with Crippen LogP contribution in [0.5, 0.6) is 0 Å². The van der Waals surface area contributed by atoms with Crippen LogP contribution < -0.4 is 0 Å². The third-order valence-electron chi connectivity index (χ3n) is 11.7. The zero-order chi connectivity index (χ0) is 52.0. The van der Waals surface area contributed by atoms with Crippen LogP contribution >= 0.6 is 61.8 Å². The summed E-state index contributed by atoms with van der Waals surface area (Å²) in [5.41, 5.74) is 12.0. The summed E-state index contributed by atoms with van der Waals surface area (Å²) >= 11 is 18.9. The van der Waals surface area contributed by atoms with Gasteiger partial charge in [0.1, 0.15) is 5.01 Å². The maximum Gasteiger partial charge on any atom is 0.339 e. The average Bonchev–Trinajstić information content (AvgIpc) is 4.02. The molecule has 0 amide bonds. The molecule has 72 heavy (non-hydrogen) atoms. The first kappa shape index (κ1) is 52.7. The maximum absolute atomic E-state index is 13.0. The molecule has 0 radical (unpaired) electrons. The van der Waals surface area contributed by atoms with Crippen LogP contribution in [0.25, 0.3) is 75.3 Å². The van der Waals surface area contributed by atoms with Crippen LogP contribution in [0.1, 0.15) is 88.6 Å². The number of thiazole rings is 2. The minimum Gasteiger partial charge on any atom is -0.479 e. The molecule has 0 aliphatic heterocycles. The highest BCUT2D eigenvalue weighted by Gasteiger charge is 2.35. The molecule has 9 rings (SSSR count). The Morgan fingerprint density at radius 3 is 1.79 bits per heavy atom. The number of carboxylic acids is 1. The van der Waals surface area contributed by atoms with E-state index >= 15 is 0 Å². The van der Waals surface area contributed by atoms with Crippen molar-refractivity contribution in [3.05, 3.63) is 139 Å². The third-order valence-corrected chi connectivity index (χ3v) is 14.9. The average molecular weight is 1110 g/mol. The maximum atomic E-state index is 13.0. The number of hydrogen-bond acceptors (Lipinski definition) is 11. The van der Waals surface area contributed by atoms with Gasteiger partial charge in [-0.1, -0.05) is 53.5 Å². The number of pyridine rings is 1. The number of benzene rings is 5. The molecule has 1 N–H and O–H groups in total. The number of halogens is 3. The van der Waals surface area contributed by atoms with E-state index in [0.717, 1.165) is 102 Å². The summed E-state index contributed by atoms with van der Waals surface area (Å²) in [6.45, 7) is 19.3. The number of carboxylic acid groups (broad SMARTS) is 1. The molecule has 4 aromatic heterocycles. The van der Waals surface area contributed by atoms with Crippen LogP contribution in [-0.2, 0) is 30.8 Å². The first-order valence-electron chi connectivity index (χ1n) is 23.2. The van der Waals surface area contributed by atoms with Gasteiger partial charge in [0, 0.05) is 67.8 Å². The molecule has 9 aromatic rings. The molecule has 0 fully saturated rings. The second kappa shape index (κ2) is 21.1. The van der Waals surface area contributed by atoms with Crippen LogP contribution in [0.15, 0.2) is 101 Å². The normalized spacial score (nSPS) is 12.8. The Bertz CT molecular complexity index is 3500. The molecule has 0 spiro atoms. The van der Waals surface area contributed by atoms with Gasteiger partial charge in [-0.2, -0.15) is 5.10 Å². The Morgan fingerprint density at radius 1 is 0.708 bits per heavy atom. The Morgan fingerprint density at radius 2 is 1.24 bits per heavy atom. The van der Waals surface area contributed by atoms with Crippen molar-refractivity contribution < 1.29 is 28.9 Å². The van der Waals surface area contributed by atoms with E-state index in [1.54, 1.807) is 6.92 Å². The molecule has 4 heterocycles. The van der Waals surface area contributed by atoms with Crippen molar-refractivity contribution in [1.82, 2.24) is 24.7 Å². The number of ether oxygens (including phenoxy) is 3. The number of rotatable bonds is 11. The lowest BCUT2D eigenvalue weighted by Crippen LogP contribution is -2.29. The number of nitrogens with zero attached hydrogens (tertiary/aromatic N) is 5. The van der Waals surface area contributed by atoms with Crippen LogP contribution in [0.3, 0.4) is 0 Å². The summed E-state index contributed by atoms with van der Waals surface area (Å²) in [6.07, 6.45) is 1.68. The molecule has 16 heteroatoms. The van der Waals surface area contributed by atoms with Gasteiger partial charge in [0.25, 0.3) is 0 Å². The van der Waals surface area contributed by atoms with E-state index in [9.17, 15) is 14.7 Å². The molecule has 372 valence electrons. The lowest BCUT2D eigenvalue weighted by atomic mass is 9.91. The highest BCUT2D eigenvalue weighted by molar-refractivity contribution is 9.11. The van der Waals surface area contributed by atoms with Gasteiger partial charge in [-0.15, -0.1) is 22.7 Å². The lowest BCUT2D eigenvalue weighted by Gasteiger charge is -2.29. The van der Waals surface area contributed by atoms with Gasteiger partial charge in [-0.25, -0.2) is 19.6 Å². The second-order valence-corrected chi connectivity index (χ2v) is 23.5. The van der Waals surface area contributed by atoms with Crippen molar-refractivity contribution in [3.8, 4) is 44.0 Å². The van der Waals surface area contributed by atoms with Crippen molar-refractivity contribution in [1.29, 1.82) is 0 Å². The van der Waals surface area contributed by atoms with Crippen molar-refractivity contribution in [2.45, 2.75) is 92.6 Å². The van der Waals surface area contributed by atoms with Crippen LogP contribution in [0, 0.1) is 20.8 Å². The Labute approximate surface area is 445 Å². The van der Waals surface area contributed by atoms with Crippen LogP contribution in [0.2, 0.25) is 10.0 Å². The van der Waals surface area contributed by atoms with Gasteiger partial charge in [-0.3, -0.25) is 9.67 Å². The minimum absolute atomic E-state index is 0.284. The van der Waals surface area contributed by atoms with E-state index in [-0.39, 0.29) is 6.61 Å². The molecular formula is C56H54BrCl2N5O6S2. The number of aliphatic carboxylic acids is 1. The van der Waals surface area contributed by atoms with Crippen LogP contribution in [0.4, 0.5) is 0 Å². The number of fused-ring (bicyclic) bond motifs is 3. The highest BCUT2D eigenvalue weighted by atomic mass is 79.9. The number of aryl methyl sites for hydroxylation is 4.